The number of aromatic nitrogens is 2. The molecule has 7 nitrogen and oxygen atoms in total. The molecule has 8 heteroatoms. The third-order valence-corrected chi connectivity index (χ3v) is 5.80. The molecule has 0 fully saturated rings. The van der Waals surface area contributed by atoms with E-state index in [-0.39, 0.29) is 36.0 Å². The van der Waals surface area contributed by atoms with Crippen molar-refractivity contribution in [2.24, 2.45) is 5.18 Å². The molecule has 170 valence electrons. The topological polar surface area (TPSA) is 82.8 Å². The van der Waals surface area contributed by atoms with Gasteiger partial charge in [0.05, 0.1) is 11.3 Å². The number of halogens is 1. The highest BCUT2D eigenvalue weighted by molar-refractivity contribution is 5.74. The van der Waals surface area contributed by atoms with Crippen LogP contribution in [0.5, 0.6) is 11.5 Å². The molecule has 0 radical (unpaired) electrons. The maximum atomic E-state index is 14.4. The number of rotatable bonds is 6. The first-order chi connectivity index (χ1) is 16.6. The van der Waals surface area contributed by atoms with Gasteiger partial charge in [-0.1, -0.05) is 42.5 Å². The maximum absolute atomic E-state index is 14.4. The molecular formula is C26H20FN3O4. The molecule has 0 aliphatic carbocycles. The largest absolute Gasteiger partial charge is 0.454 e. The van der Waals surface area contributed by atoms with Crippen LogP contribution in [-0.2, 0) is 13.0 Å². The lowest BCUT2D eigenvalue weighted by Gasteiger charge is -2.17. The number of nitrogens with zero attached hydrogens (tertiary/aromatic N) is 3. The molecule has 1 aliphatic rings. The molecule has 2 heterocycles. The smallest absolute Gasteiger partial charge is 0.261 e. The third kappa shape index (κ3) is 3.83. The van der Waals surface area contributed by atoms with Crippen molar-refractivity contribution >= 4 is 5.69 Å². The molecule has 0 amide bonds. The summed E-state index contributed by atoms with van der Waals surface area (Å²) in [6, 6.07) is 19.1. The van der Waals surface area contributed by atoms with Gasteiger partial charge in [-0.25, -0.2) is 9.37 Å². The SMILES string of the molecule is Cc1nc(-c2cccc(F)c2N=O)n(CCc2ccccc2)c(=O)c1-c1ccc2c(c1)OCO2. The van der Waals surface area contributed by atoms with Crippen LogP contribution in [0.1, 0.15) is 11.3 Å². The lowest BCUT2D eigenvalue weighted by molar-refractivity contribution is 0.174. The highest BCUT2D eigenvalue weighted by Crippen LogP contribution is 2.37. The molecule has 0 N–H and O–H groups in total. The Morgan fingerprint density at radius 3 is 2.62 bits per heavy atom. The summed E-state index contributed by atoms with van der Waals surface area (Å²) in [6.07, 6.45) is 0.540. The standard InChI is InChI=1S/C26H20FN3O4/c1-16-23(18-10-11-21-22(14-18)34-15-33-21)26(31)30(13-12-17-6-3-2-4-7-17)25(28-16)19-8-5-9-20(27)24(19)29-32/h2-11,14H,12-13,15H2,1H3. The van der Waals surface area contributed by atoms with Crippen molar-refractivity contribution < 1.29 is 13.9 Å². The second-order valence-corrected chi connectivity index (χ2v) is 7.88. The Hall–Kier alpha value is -4.33. The Balaban J connectivity index is 1.70. The molecule has 34 heavy (non-hydrogen) atoms. The van der Waals surface area contributed by atoms with E-state index in [1.54, 1.807) is 31.2 Å². The van der Waals surface area contributed by atoms with Gasteiger partial charge in [-0.3, -0.25) is 9.36 Å². The van der Waals surface area contributed by atoms with E-state index in [9.17, 15) is 14.1 Å². The van der Waals surface area contributed by atoms with Crippen molar-refractivity contribution in [3.8, 4) is 34.0 Å². The summed E-state index contributed by atoms with van der Waals surface area (Å²) in [5.41, 5.74) is 1.98. The number of aryl methyl sites for hydroxylation is 2. The van der Waals surface area contributed by atoms with Crippen LogP contribution in [0.15, 0.2) is 76.7 Å². The molecule has 0 saturated carbocycles. The highest BCUT2D eigenvalue weighted by Gasteiger charge is 2.22. The van der Waals surface area contributed by atoms with Gasteiger partial charge >= 0.3 is 0 Å². The predicted octanol–water partition coefficient (Wildman–Crippen LogP) is 5.39. The minimum absolute atomic E-state index is 0.122. The van der Waals surface area contributed by atoms with Crippen LogP contribution in [0.4, 0.5) is 10.1 Å². The molecule has 5 rings (SSSR count). The number of ether oxygens (including phenoxy) is 2. The monoisotopic (exact) mass is 457 g/mol. The molecule has 0 saturated heterocycles. The zero-order chi connectivity index (χ0) is 23.7. The number of fused-ring (bicyclic) bond motifs is 1. The van der Waals surface area contributed by atoms with Crippen molar-refractivity contribution in [3.63, 3.8) is 0 Å². The van der Waals surface area contributed by atoms with E-state index in [0.717, 1.165) is 11.6 Å². The van der Waals surface area contributed by atoms with E-state index in [1.165, 1.54) is 10.6 Å². The van der Waals surface area contributed by atoms with Crippen LogP contribution in [0.25, 0.3) is 22.5 Å². The van der Waals surface area contributed by atoms with Gasteiger partial charge in [0.15, 0.2) is 23.0 Å². The summed E-state index contributed by atoms with van der Waals surface area (Å²) in [5, 5.41) is 2.87. The second kappa shape index (κ2) is 8.90. The number of nitroso groups, excluding NO2 is 1. The van der Waals surface area contributed by atoms with Crippen molar-refractivity contribution in [3.05, 3.63) is 99.1 Å². The quantitative estimate of drug-likeness (QED) is 0.362. The molecule has 1 aromatic heterocycles. The van der Waals surface area contributed by atoms with E-state index in [2.05, 4.69) is 10.2 Å². The van der Waals surface area contributed by atoms with Crippen LogP contribution < -0.4 is 15.0 Å². The molecular weight excluding hydrogens is 437 g/mol. The number of hydrogen-bond donors (Lipinski definition) is 0. The van der Waals surface area contributed by atoms with Crippen molar-refractivity contribution in [1.82, 2.24) is 9.55 Å². The van der Waals surface area contributed by atoms with Crippen molar-refractivity contribution in [1.29, 1.82) is 0 Å². The molecule has 3 aromatic carbocycles. The predicted molar refractivity (Wildman–Crippen MR) is 126 cm³/mol. The highest BCUT2D eigenvalue weighted by atomic mass is 19.1. The first kappa shape index (κ1) is 21.5. The van der Waals surface area contributed by atoms with Crippen LogP contribution in [0, 0.1) is 17.6 Å². The normalized spacial score (nSPS) is 12.1. The Morgan fingerprint density at radius 1 is 1.03 bits per heavy atom. The fourth-order valence-corrected chi connectivity index (χ4v) is 4.13. The minimum Gasteiger partial charge on any atom is -0.454 e. The fraction of sp³-hybridized carbons (Fsp3) is 0.154. The van der Waals surface area contributed by atoms with E-state index in [0.29, 0.717) is 34.7 Å². The van der Waals surface area contributed by atoms with E-state index in [1.807, 2.05) is 30.3 Å². The van der Waals surface area contributed by atoms with Crippen LogP contribution >= 0.6 is 0 Å². The van der Waals surface area contributed by atoms with E-state index in [4.69, 9.17) is 9.47 Å². The van der Waals surface area contributed by atoms with Gasteiger partial charge in [0, 0.05) is 12.1 Å². The number of benzene rings is 3. The molecule has 0 unspecified atom stereocenters. The van der Waals surface area contributed by atoms with Crippen LogP contribution in [-0.4, -0.2) is 16.3 Å². The third-order valence-electron chi connectivity index (χ3n) is 5.80. The number of hydrogen-bond acceptors (Lipinski definition) is 6. The van der Waals surface area contributed by atoms with E-state index >= 15 is 0 Å². The van der Waals surface area contributed by atoms with Crippen LogP contribution in [0.3, 0.4) is 0 Å². The summed E-state index contributed by atoms with van der Waals surface area (Å²) < 4.78 is 26.7. The average Bonchev–Trinajstić information content (AvgIpc) is 3.32. The Kier molecular flexibility index (Phi) is 5.63. The summed E-state index contributed by atoms with van der Waals surface area (Å²) >= 11 is 0. The lowest BCUT2D eigenvalue weighted by atomic mass is 10.0. The van der Waals surface area contributed by atoms with Gasteiger partial charge in [-0.2, -0.15) is 0 Å². The summed E-state index contributed by atoms with van der Waals surface area (Å²) in [5.74, 6) is 0.580. The zero-order valence-corrected chi connectivity index (χ0v) is 18.3. The van der Waals surface area contributed by atoms with Crippen molar-refractivity contribution in [2.45, 2.75) is 19.9 Å². The van der Waals surface area contributed by atoms with E-state index < -0.39 is 5.82 Å². The van der Waals surface area contributed by atoms with Gasteiger partial charge in [-0.05, 0) is 53.9 Å². The molecule has 0 atom stereocenters. The molecule has 0 bridgehead atoms. The summed E-state index contributed by atoms with van der Waals surface area (Å²) in [4.78, 5) is 29.9. The molecule has 1 aliphatic heterocycles. The van der Waals surface area contributed by atoms with Crippen LogP contribution in [0.2, 0.25) is 0 Å². The van der Waals surface area contributed by atoms with Crippen molar-refractivity contribution in [2.75, 3.05) is 6.79 Å². The van der Waals surface area contributed by atoms with Gasteiger partial charge < -0.3 is 9.47 Å². The second-order valence-electron chi connectivity index (χ2n) is 7.88. The van der Waals surface area contributed by atoms with Gasteiger partial charge in [-0.15, -0.1) is 4.91 Å². The maximum Gasteiger partial charge on any atom is 0.261 e. The minimum atomic E-state index is -0.770. The van der Waals surface area contributed by atoms with Gasteiger partial charge in [0.1, 0.15) is 5.82 Å². The summed E-state index contributed by atoms with van der Waals surface area (Å²) in [7, 11) is 0. The Morgan fingerprint density at radius 2 is 1.82 bits per heavy atom. The zero-order valence-electron chi connectivity index (χ0n) is 18.3. The van der Waals surface area contributed by atoms with Gasteiger partial charge in [0.25, 0.3) is 5.56 Å². The Bertz CT molecular complexity index is 1450. The average molecular weight is 457 g/mol. The first-order valence-electron chi connectivity index (χ1n) is 10.7. The Labute approximate surface area is 194 Å². The lowest BCUT2D eigenvalue weighted by Crippen LogP contribution is -2.27. The molecule has 4 aromatic rings. The molecule has 0 spiro atoms. The fourth-order valence-electron chi connectivity index (χ4n) is 4.13. The first-order valence-corrected chi connectivity index (χ1v) is 10.7. The van der Waals surface area contributed by atoms with Gasteiger partial charge in [0.2, 0.25) is 6.79 Å². The summed E-state index contributed by atoms with van der Waals surface area (Å²) in [6.45, 7) is 2.11.